The lowest BCUT2D eigenvalue weighted by atomic mass is 9.80. The molecular formula is C21H21N3O4. The molecule has 7 heteroatoms. The molecule has 2 aliphatic heterocycles. The third-order valence-corrected chi connectivity index (χ3v) is 5.90. The van der Waals surface area contributed by atoms with Crippen molar-refractivity contribution in [3.05, 3.63) is 54.4 Å². The second-order valence-corrected chi connectivity index (χ2v) is 7.41. The Kier molecular flexibility index (Phi) is 4.27. The lowest BCUT2D eigenvalue weighted by Crippen LogP contribution is -2.53. The Morgan fingerprint density at radius 3 is 2.29 bits per heavy atom. The number of methoxy groups -OCH3 is 1. The van der Waals surface area contributed by atoms with Gasteiger partial charge >= 0.3 is 5.97 Å². The number of ether oxygens (including phenoxy) is 1. The van der Waals surface area contributed by atoms with Gasteiger partial charge in [0.2, 0.25) is 11.8 Å². The zero-order valence-corrected chi connectivity index (χ0v) is 15.9. The maximum absolute atomic E-state index is 12.8. The van der Waals surface area contributed by atoms with E-state index in [0.717, 1.165) is 21.6 Å². The van der Waals surface area contributed by atoms with Crippen molar-refractivity contribution in [2.75, 3.05) is 14.2 Å². The van der Waals surface area contributed by atoms with Crippen molar-refractivity contribution in [2.45, 2.75) is 18.5 Å². The molecule has 144 valence electrons. The summed E-state index contributed by atoms with van der Waals surface area (Å²) in [4.78, 5) is 43.1. The highest BCUT2D eigenvalue weighted by molar-refractivity contribution is 6.09. The highest BCUT2D eigenvalue weighted by Crippen LogP contribution is 2.48. The van der Waals surface area contributed by atoms with Gasteiger partial charge in [-0.15, -0.1) is 0 Å². The van der Waals surface area contributed by atoms with Crippen LogP contribution in [-0.2, 0) is 19.1 Å². The number of carbonyl (C=O) groups is 3. The summed E-state index contributed by atoms with van der Waals surface area (Å²) in [5.74, 6) is -2.62. The van der Waals surface area contributed by atoms with Crippen molar-refractivity contribution in [3.8, 4) is 11.1 Å². The Hall–Kier alpha value is -3.06. The molecule has 1 aromatic carbocycles. The highest BCUT2D eigenvalue weighted by Gasteiger charge is 2.66. The summed E-state index contributed by atoms with van der Waals surface area (Å²) in [6.07, 6.45) is 3.46. The molecule has 3 heterocycles. The first-order valence-corrected chi connectivity index (χ1v) is 9.06. The molecule has 2 aromatic rings. The molecule has 4 rings (SSSR count). The van der Waals surface area contributed by atoms with Gasteiger partial charge in [-0.05, 0) is 35.7 Å². The highest BCUT2D eigenvalue weighted by atomic mass is 16.5. The Labute approximate surface area is 162 Å². The monoisotopic (exact) mass is 379 g/mol. The first-order valence-electron chi connectivity index (χ1n) is 9.06. The summed E-state index contributed by atoms with van der Waals surface area (Å²) in [7, 11) is 2.75. The number of amides is 2. The fraction of sp³-hybridized carbons (Fsp3) is 0.333. The first kappa shape index (κ1) is 18.3. The van der Waals surface area contributed by atoms with Crippen LogP contribution in [0.1, 0.15) is 18.5 Å². The van der Waals surface area contributed by atoms with Crippen molar-refractivity contribution in [1.29, 1.82) is 0 Å². The van der Waals surface area contributed by atoms with Crippen LogP contribution in [0.25, 0.3) is 11.1 Å². The zero-order valence-electron chi connectivity index (χ0n) is 15.9. The summed E-state index contributed by atoms with van der Waals surface area (Å²) >= 11 is 0. The van der Waals surface area contributed by atoms with E-state index in [9.17, 15) is 14.4 Å². The van der Waals surface area contributed by atoms with Crippen LogP contribution in [-0.4, -0.2) is 47.4 Å². The van der Waals surface area contributed by atoms with Crippen molar-refractivity contribution >= 4 is 17.8 Å². The third kappa shape index (κ3) is 2.54. The number of fused-ring (bicyclic) bond motifs is 1. The number of rotatable bonds is 3. The van der Waals surface area contributed by atoms with Gasteiger partial charge in [-0.1, -0.05) is 24.3 Å². The van der Waals surface area contributed by atoms with Gasteiger partial charge in [0, 0.05) is 25.5 Å². The quantitative estimate of drug-likeness (QED) is 0.643. The Bertz CT molecular complexity index is 944. The largest absolute Gasteiger partial charge is 0.468 e. The number of esters is 1. The number of hydrogen-bond acceptors (Lipinski definition) is 6. The number of likely N-dealkylation sites (tertiary alicyclic amines) is 1. The van der Waals surface area contributed by atoms with Crippen molar-refractivity contribution < 1.29 is 19.1 Å². The van der Waals surface area contributed by atoms with Crippen LogP contribution < -0.4 is 5.32 Å². The molecule has 2 saturated heterocycles. The Morgan fingerprint density at radius 1 is 1.07 bits per heavy atom. The van der Waals surface area contributed by atoms with Crippen molar-refractivity contribution in [3.63, 3.8) is 0 Å². The number of benzene rings is 1. The zero-order chi connectivity index (χ0) is 20.1. The SMILES string of the molecule is COC(=O)[C@@]1(C)N[C@@H](c2ccc(-c3ccncc3)cc2)[C@H]2C(=O)N(C)C(=O)[C@H]21. The summed E-state index contributed by atoms with van der Waals surface area (Å²) in [6, 6.07) is 11.1. The molecule has 0 spiro atoms. The predicted octanol–water partition coefficient (Wildman–Crippen LogP) is 1.56. The predicted molar refractivity (Wildman–Crippen MR) is 101 cm³/mol. The summed E-state index contributed by atoms with van der Waals surface area (Å²) in [5.41, 5.74) is 1.63. The lowest BCUT2D eigenvalue weighted by Gasteiger charge is -2.27. The fourth-order valence-electron chi connectivity index (χ4n) is 4.40. The van der Waals surface area contributed by atoms with Gasteiger partial charge in [0.05, 0.1) is 18.9 Å². The van der Waals surface area contributed by atoms with Gasteiger partial charge in [0.1, 0.15) is 5.54 Å². The first-order chi connectivity index (χ1) is 13.4. The number of imide groups is 1. The van der Waals surface area contributed by atoms with E-state index in [-0.39, 0.29) is 11.8 Å². The smallest absolute Gasteiger partial charge is 0.326 e. The van der Waals surface area contributed by atoms with Gasteiger partial charge in [0.25, 0.3) is 0 Å². The Balaban J connectivity index is 1.72. The van der Waals surface area contributed by atoms with E-state index in [4.69, 9.17) is 4.74 Å². The molecule has 0 aliphatic carbocycles. The number of pyridine rings is 1. The molecule has 2 fully saturated rings. The molecule has 0 bridgehead atoms. The van der Waals surface area contributed by atoms with Gasteiger partial charge in [-0.3, -0.25) is 29.6 Å². The van der Waals surface area contributed by atoms with E-state index in [1.807, 2.05) is 36.4 Å². The summed E-state index contributed by atoms with van der Waals surface area (Å²) < 4.78 is 4.94. The van der Waals surface area contributed by atoms with E-state index in [0.29, 0.717) is 0 Å². The standard InChI is InChI=1S/C21H21N3O4/c1-21(20(27)28-3)16-15(18(25)24(2)19(16)26)17(23-21)14-6-4-12(5-7-14)13-8-10-22-11-9-13/h4-11,15-17,23H,1-3H3/t15-,16-,17-,21-/m0/s1. The van der Waals surface area contributed by atoms with Crippen LogP contribution >= 0.6 is 0 Å². The van der Waals surface area contributed by atoms with Crippen LogP contribution in [0.15, 0.2) is 48.8 Å². The fourth-order valence-corrected chi connectivity index (χ4v) is 4.40. The number of carbonyl (C=O) groups excluding carboxylic acids is 3. The molecule has 0 radical (unpaired) electrons. The minimum absolute atomic E-state index is 0.279. The van der Waals surface area contributed by atoms with Crippen LogP contribution in [0.5, 0.6) is 0 Å². The minimum atomic E-state index is -1.26. The molecular weight excluding hydrogens is 358 g/mol. The van der Waals surface area contributed by atoms with E-state index in [1.165, 1.54) is 14.2 Å². The molecule has 28 heavy (non-hydrogen) atoms. The normalized spacial score (nSPS) is 29.1. The average Bonchev–Trinajstić information content (AvgIpc) is 3.17. The summed E-state index contributed by atoms with van der Waals surface area (Å²) in [5, 5.41) is 3.22. The van der Waals surface area contributed by atoms with Gasteiger partial charge in [-0.25, -0.2) is 0 Å². The number of aromatic nitrogens is 1. The van der Waals surface area contributed by atoms with Crippen molar-refractivity contribution in [2.24, 2.45) is 11.8 Å². The number of nitrogens with one attached hydrogen (secondary N) is 1. The van der Waals surface area contributed by atoms with Crippen LogP contribution in [0.3, 0.4) is 0 Å². The second kappa shape index (κ2) is 6.53. The van der Waals surface area contributed by atoms with Gasteiger partial charge < -0.3 is 4.74 Å². The van der Waals surface area contributed by atoms with Gasteiger partial charge in [0.15, 0.2) is 0 Å². The van der Waals surface area contributed by atoms with E-state index >= 15 is 0 Å². The molecule has 0 unspecified atom stereocenters. The number of hydrogen-bond donors (Lipinski definition) is 1. The van der Waals surface area contributed by atoms with Crippen LogP contribution in [0, 0.1) is 11.8 Å². The second-order valence-electron chi connectivity index (χ2n) is 7.41. The summed E-state index contributed by atoms with van der Waals surface area (Å²) in [6.45, 7) is 1.63. The Morgan fingerprint density at radius 2 is 1.68 bits per heavy atom. The maximum Gasteiger partial charge on any atom is 0.326 e. The number of nitrogens with zero attached hydrogens (tertiary/aromatic N) is 2. The van der Waals surface area contributed by atoms with E-state index < -0.39 is 29.4 Å². The molecule has 2 aliphatic rings. The minimum Gasteiger partial charge on any atom is -0.468 e. The molecule has 4 atom stereocenters. The molecule has 2 amide bonds. The maximum atomic E-state index is 12.8. The lowest BCUT2D eigenvalue weighted by molar-refractivity contribution is -0.152. The van der Waals surface area contributed by atoms with Crippen LogP contribution in [0.2, 0.25) is 0 Å². The van der Waals surface area contributed by atoms with E-state index in [1.54, 1.807) is 19.3 Å². The molecule has 0 saturated carbocycles. The third-order valence-electron chi connectivity index (χ3n) is 5.90. The molecule has 1 aromatic heterocycles. The topological polar surface area (TPSA) is 88.6 Å². The van der Waals surface area contributed by atoms with Crippen molar-refractivity contribution in [1.82, 2.24) is 15.2 Å². The molecule has 1 N–H and O–H groups in total. The van der Waals surface area contributed by atoms with Crippen LogP contribution in [0.4, 0.5) is 0 Å². The van der Waals surface area contributed by atoms with E-state index in [2.05, 4.69) is 10.3 Å². The molecule has 7 nitrogen and oxygen atoms in total. The average molecular weight is 379 g/mol. The van der Waals surface area contributed by atoms with Gasteiger partial charge in [-0.2, -0.15) is 0 Å².